The summed E-state index contributed by atoms with van der Waals surface area (Å²) in [6.45, 7) is 4.89. The van der Waals surface area contributed by atoms with Gasteiger partial charge >= 0.3 is 0 Å². The van der Waals surface area contributed by atoms with Gasteiger partial charge in [-0.25, -0.2) is 4.98 Å². The number of nitrogens with zero attached hydrogens (tertiary/aromatic N) is 1. The zero-order valence-electron chi connectivity index (χ0n) is 12.7. The van der Waals surface area contributed by atoms with Gasteiger partial charge in [-0.3, -0.25) is 4.79 Å². The number of ether oxygens (including phenoxy) is 1. The highest BCUT2D eigenvalue weighted by molar-refractivity contribution is 7.07. The molecule has 0 aliphatic carbocycles. The van der Waals surface area contributed by atoms with E-state index in [4.69, 9.17) is 4.74 Å². The number of carbonyl (C=O) groups excluding carboxylic acids is 1. The van der Waals surface area contributed by atoms with Crippen molar-refractivity contribution in [3.63, 3.8) is 0 Å². The first-order valence-electron chi connectivity index (χ1n) is 7.38. The van der Waals surface area contributed by atoms with Gasteiger partial charge in [-0.2, -0.15) is 0 Å². The molecule has 22 heavy (non-hydrogen) atoms. The number of hydrogen-bond acceptors (Lipinski definition) is 5. The summed E-state index contributed by atoms with van der Waals surface area (Å²) in [6, 6.07) is 7.19. The Hall–Kier alpha value is -1.92. The van der Waals surface area contributed by atoms with Crippen LogP contribution < -0.4 is 15.4 Å². The molecule has 1 amide bonds. The number of thiazole rings is 1. The summed E-state index contributed by atoms with van der Waals surface area (Å²) in [5, 5.41) is 8.08. The molecule has 0 bridgehead atoms. The normalized spacial score (nSPS) is 10.4. The molecule has 0 fully saturated rings. The van der Waals surface area contributed by atoms with E-state index in [0.717, 1.165) is 25.2 Å². The molecule has 0 aliphatic rings. The van der Waals surface area contributed by atoms with Gasteiger partial charge in [0, 0.05) is 24.0 Å². The molecule has 0 unspecified atom stereocenters. The lowest BCUT2D eigenvalue weighted by atomic mass is 10.2. The van der Waals surface area contributed by atoms with Crippen molar-refractivity contribution in [2.24, 2.45) is 0 Å². The van der Waals surface area contributed by atoms with E-state index < -0.39 is 0 Å². The first-order chi connectivity index (χ1) is 10.8. The molecule has 0 saturated carbocycles. The van der Waals surface area contributed by atoms with Gasteiger partial charge in [-0.15, -0.1) is 11.3 Å². The van der Waals surface area contributed by atoms with E-state index in [1.54, 1.807) is 17.6 Å². The first kappa shape index (κ1) is 16.5. The molecule has 0 atom stereocenters. The number of rotatable bonds is 9. The van der Waals surface area contributed by atoms with Crippen LogP contribution in [0.15, 0.2) is 35.2 Å². The summed E-state index contributed by atoms with van der Waals surface area (Å²) >= 11 is 1.54. The fourth-order valence-electron chi connectivity index (χ4n) is 1.86. The standard InChI is InChI=1S/C16H21N3O2S/c1-2-6-17-7-8-18-16(20)13-4-3-5-15(9-13)21-10-14-11-22-12-19-14/h3-5,9,11-12,17H,2,6-8,10H2,1H3,(H,18,20). The molecule has 5 nitrogen and oxygen atoms in total. The van der Waals surface area contributed by atoms with E-state index >= 15 is 0 Å². The third-order valence-corrected chi connectivity index (χ3v) is 3.62. The zero-order valence-corrected chi connectivity index (χ0v) is 13.5. The fourth-order valence-corrected chi connectivity index (χ4v) is 2.40. The van der Waals surface area contributed by atoms with Gasteiger partial charge < -0.3 is 15.4 Å². The van der Waals surface area contributed by atoms with Gasteiger partial charge in [0.1, 0.15) is 12.4 Å². The van der Waals surface area contributed by atoms with Gasteiger partial charge in [-0.05, 0) is 31.2 Å². The summed E-state index contributed by atoms with van der Waals surface area (Å²) in [5.41, 5.74) is 3.27. The number of benzene rings is 1. The predicted octanol–water partition coefficient (Wildman–Crippen LogP) is 2.45. The average molecular weight is 319 g/mol. The largest absolute Gasteiger partial charge is 0.487 e. The maximum absolute atomic E-state index is 12.1. The van der Waals surface area contributed by atoms with Crippen LogP contribution in [0.25, 0.3) is 0 Å². The van der Waals surface area contributed by atoms with Crippen molar-refractivity contribution in [1.29, 1.82) is 0 Å². The van der Waals surface area contributed by atoms with Crippen LogP contribution in [0.2, 0.25) is 0 Å². The Morgan fingerprint density at radius 1 is 1.32 bits per heavy atom. The van der Waals surface area contributed by atoms with Crippen molar-refractivity contribution in [3.05, 3.63) is 46.4 Å². The molecule has 2 rings (SSSR count). The number of nitrogens with one attached hydrogen (secondary N) is 2. The molecule has 118 valence electrons. The van der Waals surface area contributed by atoms with Crippen LogP contribution in [0.3, 0.4) is 0 Å². The maximum atomic E-state index is 12.1. The second-order valence-electron chi connectivity index (χ2n) is 4.80. The highest BCUT2D eigenvalue weighted by Crippen LogP contribution is 2.15. The third-order valence-electron chi connectivity index (χ3n) is 2.98. The lowest BCUT2D eigenvalue weighted by molar-refractivity contribution is 0.0953. The molecule has 0 aliphatic heterocycles. The quantitative estimate of drug-likeness (QED) is 0.697. The molecule has 1 heterocycles. The second kappa shape index (κ2) is 9.17. The molecule has 2 aromatic rings. The maximum Gasteiger partial charge on any atom is 0.251 e. The smallest absolute Gasteiger partial charge is 0.251 e. The zero-order chi connectivity index (χ0) is 15.6. The predicted molar refractivity (Wildman–Crippen MR) is 88.4 cm³/mol. The lowest BCUT2D eigenvalue weighted by Gasteiger charge is -2.08. The van der Waals surface area contributed by atoms with Crippen LogP contribution in [0, 0.1) is 0 Å². The van der Waals surface area contributed by atoms with Crippen molar-refractivity contribution in [1.82, 2.24) is 15.6 Å². The summed E-state index contributed by atoms with van der Waals surface area (Å²) < 4.78 is 5.65. The van der Waals surface area contributed by atoms with E-state index in [2.05, 4.69) is 22.5 Å². The Labute approximate surface area is 134 Å². The molecular weight excluding hydrogens is 298 g/mol. The Kier molecular flexibility index (Phi) is 6.86. The number of aromatic nitrogens is 1. The van der Waals surface area contributed by atoms with Crippen molar-refractivity contribution in [3.8, 4) is 5.75 Å². The first-order valence-corrected chi connectivity index (χ1v) is 8.32. The Morgan fingerprint density at radius 2 is 2.23 bits per heavy atom. The molecule has 6 heteroatoms. The van der Waals surface area contributed by atoms with Crippen LogP contribution in [0.5, 0.6) is 5.75 Å². The average Bonchev–Trinajstić information content (AvgIpc) is 3.06. The second-order valence-corrected chi connectivity index (χ2v) is 5.52. The summed E-state index contributed by atoms with van der Waals surface area (Å²) in [6.07, 6.45) is 1.09. The van der Waals surface area contributed by atoms with Crippen LogP contribution in [-0.4, -0.2) is 30.5 Å². The minimum absolute atomic E-state index is 0.0857. The Bertz CT molecular complexity index is 573. The molecule has 1 aromatic heterocycles. The van der Waals surface area contributed by atoms with E-state index in [1.807, 2.05) is 17.5 Å². The van der Waals surface area contributed by atoms with Crippen molar-refractivity contribution in [2.75, 3.05) is 19.6 Å². The molecule has 0 radical (unpaired) electrons. The molecule has 0 spiro atoms. The SMILES string of the molecule is CCCNCCNC(=O)c1cccc(OCc2cscn2)c1. The van der Waals surface area contributed by atoms with Crippen molar-refractivity contribution in [2.45, 2.75) is 20.0 Å². The van der Waals surface area contributed by atoms with Gasteiger partial charge in [-0.1, -0.05) is 13.0 Å². The third kappa shape index (κ3) is 5.46. The van der Waals surface area contributed by atoms with E-state index in [-0.39, 0.29) is 5.91 Å². The van der Waals surface area contributed by atoms with E-state index in [9.17, 15) is 4.79 Å². The van der Waals surface area contributed by atoms with Crippen molar-refractivity contribution >= 4 is 17.2 Å². The highest BCUT2D eigenvalue weighted by atomic mass is 32.1. The van der Waals surface area contributed by atoms with Crippen molar-refractivity contribution < 1.29 is 9.53 Å². The highest BCUT2D eigenvalue weighted by Gasteiger charge is 2.06. The minimum atomic E-state index is -0.0857. The number of hydrogen-bond donors (Lipinski definition) is 2. The van der Waals surface area contributed by atoms with E-state index in [1.165, 1.54) is 11.3 Å². The van der Waals surface area contributed by atoms with Crippen LogP contribution in [-0.2, 0) is 6.61 Å². The van der Waals surface area contributed by atoms with E-state index in [0.29, 0.717) is 24.5 Å². The van der Waals surface area contributed by atoms with Gasteiger partial charge in [0.05, 0.1) is 11.2 Å². The lowest BCUT2D eigenvalue weighted by Crippen LogP contribution is -2.32. The van der Waals surface area contributed by atoms with Gasteiger partial charge in [0.25, 0.3) is 5.91 Å². The van der Waals surface area contributed by atoms with Gasteiger partial charge in [0.2, 0.25) is 0 Å². The number of amides is 1. The summed E-state index contributed by atoms with van der Waals surface area (Å²) in [4.78, 5) is 16.2. The molecule has 1 aromatic carbocycles. The van der Waals surface area contributed by atoms with Gasteiger partial charge in [0.15, 0.2) is 0 Å². The summed E-state index contributed by atoms with van der Waals surface area (Å²) in [5.74, 6) is 0.585. The Morgan fingerprint density at radius 3 is 3.00 bits per heavy atom. The molecule has 0 saturated heterocycles. The number of carbonyl (C=O) groups is 1. The minimum Gasteiger partial charge on any atom is -0.487 e. The van der Waals surface area contributed by atoms with Crippen LogP contribution in [0.4, 0.5) is 0 Å². The topological polar surface area (TPSA) is 63.2 Å². The fraction of sp³-hybridized carbons (Fsp3) is 0.375. The van der Waals surface area contributed by atoms with Crippen LogP contribution >= 0.6 is 11.3 Å². The molecular formula is C16H21N3O2S. The Balaban J connectivity index is 1.80. The molecule has 2 N–H and O–H groups in total. The summed E-state index contributed by atoms with van der Waals surface area (Å²) in [7, 11) is 0. The monoisotopic (exact) mass is 319 g/mol. The van der Waals surface area contributed by atoms with Crippen LogP contribution in [0.1, 0.15) is 29.4 Å².